The van der Waals surface area contributed by atoms with Crippen LogP contribution in [0.5, 0.6) is 5.75 Å². The average molecular weight is 307 g/mol. The van der Waals surface area contributed by atoms with Gasteiger partial charge in [-0.05, 0) is 31.0 Å². The van der Waals surface area contributed by atoms with E-state index in [0.29, 0.717) is 18.6 Å². The van der Waals surface area contributed by atoms with Crippen LogP contribution in [0.2, 0.25) is 0 Å². The van der Waals surface area contributed by atoms with Gasteiger partial charge in [0.25, 0.3) is 5.91 Å². The predicted molar refractivity (Wildman–Crippen MR) is 80.3 cm³/mol. The van der Waals surface area contributed by atoms with E-state index in [0.717, 1.165) is 19.3 Å². The van der Waals surface area contributed by atoms with E-state index >= 15 is 0 Å². The monoisotopic (exact) mass is 307 g/mol. The van der Waals surface area contributed by atoms with Crippen LogP contribution in [0, 0.1) is 0 Å². The van der Waals surface area contributed by atoms with Crippen LogP contribution in [0.4, 0.5) is 0 Å². The third-order valence-electron chi connectivity index (χ3n) is 4.01. The van der Waals surface area contributed by atoms with Crippen molar-refractivity contribution in [1.82, 2.24) is 5.32 Å². The smallest absolute Gasteiger partial charge is 0.335 e. The number of ether oxygens (including phenoxy) is 1. The van der Waals surface area contributed by atoms with Gasteiger partial charge < -0.3 is 20.3 Å². The Bertz CT molecular complexity index is 564. The highest BCUT2D eigenvalue weighted by Crippen LogP contribution is 2.27. The summed E-state index contributed by atoms with van der Waals surface area (Å²) in [6, 6.07) is 4.13. The fourth-order valence-corrected chi connectivity index (χ4v) is 2.71. The van der Waals surface area contributed by atoms with Gasteiger partial charge in [-0.2, -0.15) is 0 Å². The number of methoxy groups -OCH3 is 1. The molecule has 0 radical (unpaired) electrons. The maximum Gasteiger partial charge on any atom is 0.335 e. The first-order valence-electron chi connectivity index (χ1n) is 7.36. The second-order valence-corrected chi connectivity index (χ2v) is 5.72. The van der Waals surface area contributed by atoms with Gasteiger partial charge in [-0.25, -0.2) is 4.79 Å². The topological polar surface area (TPSA) is 95.9 Å². The predicted octanol–water partition coefficient (Wildman–Crippen LogP) is 1.82. The van der Waals surface area contributed by atoms with E-state index < -0.39 is 17.5 Å². The summed E-state index contributed by atoms with van der Waals surface area (Å²) in [5.74, 6) is -1.24. The van der Waals surface area contributed by atoms with Gasteiger partial charge in [0.15, 0.2) is 0 Å². The molecule has 1 aromatic carbocycles. The van der Waals surface area contributed by atoms with Crippen LogP contribution in [0.25, 0.3) is 0 Å². The second kappa shape index (κ2) is 6.79. The first-order valence-corrected chi connectivity index (χ1v) is 7.36. The van der Waals surface area contributed by atoms with Gasteiger partial charge in [-0.15, -0.1) is 0 Å². The molecule has 6 heteroatoms. The molecule has 1 saturated carbocycles. The summed E-state index contributed by atoms with van der Waals surface area (Å²) in [7, 11) is 1.41. The molecule has 6 nitrogen and oxygen atoms in total. The minimum atomic E-state index is -1.13. The number of aromatic carboxylic acids is 1. The minimum Gasteiger partial charge on any atom is -0.497 e. The molecule has 2 rings (SSSR count). The van der Waals surface area contributed by atoms with Crippen LogP contribution in [-0.2, 0) is 0 Å². The largest absolute Gasteiger partial charge is 0.497 e. The van der Waals surface area contributed by atoms with E-state index in [1.54, 1.807) is 0 Å². The molecule has 0 heterocycles. The Morgan fingerprint density at radius 1 is 1.18 bits per heavy atom. The molecule has 0 atom stereocenters. The maximum absolute atomic E-state index is 12.2. The number of hydrogen-bond donors (Lipinski definition) is 3. The van der Waals surface area contributed by atoms with Crippen molar-refractivity contribution in [2.24, 2.45) is 0 Å². The first kappa shape index (κ1) is 16.3. The number of nitrogens with one attached hydrogen (secondary N) is 1. The molecule has 0 spiro atoms. The van der Waals surface area contributed by atoms with Crippen molar-refractivity contribution in [3.8, 4) is 5.75 Å². The fraction of sp³-hybridized carbons (Fsp3) is 0.500. The Morgan fingerprint density at radius 2 is 1.82 bits per heavy atom. The zero-order chi connectivity index (χ0) is 16.2. The number of carbonyl (C=O) groups excluding carboxylic acids is 1. The molecule has 1 aliphatic rings. The van der Waals surface area contributed by atoms with Gasteiger partial charge in [0.2, 0.25) is 0 Å². The Balaban J connectivity index is 2.08. The SMILES string of the molecule is COc1cc(C(=O)O)cc(C(=O)NCC2(O)CCCCC2)c1. The van der Waals surface area contributed by atoms with Gasteiger partial charge in [0.1, 0.15) is 5.75 Å². The summed E-state index contributed by atoms with van der Waals surface area (Å²) in [5, 5.41) is 22.1. The zero-order valence-corrected chi connectivity index (χ0v) is 12.6. The van der Waals surface area contributed by atoms with E-state index in [9.17, 15) is 14.7 Å². The Labute approximate surface area is 129 Å². The summed E-state index contributed by atoms with van der Waals surface area (Å²) in [6.07, 6.45) is 4.36. The lowest BCUT2D eigenvalue weighted by molar-refractivity contribution is 0.00525. The van der Waals surface area contributed by atoms with Crippen molar-refractivity contribution in [3.63, 3.8) is 0 Å². The molecular weight excluding hydrogens is 286 g/mol. The van der Waals surface area contributed by atoms with Gasteiger partial charge in [0, 0.05) is 12.1 Å². The molecule has 0 unspecified atom stereocenters. The summed E-state index contributed by atoms with van der Waals surface area (Å²) < 4.78 is 5.02. The lowest BCUT2D eigenvalue weighted by Crippen LogP contribution is -2.44. The quantitative estimate of drug-likeness (QED) is 0.771. The number of hydrogen-bond acceptors (Lipinski definition) is 4. The molecule has 0 saturated heterocycles. The average Bonchev–Trinajstić information content (AvgIpc) is 2.52. The summed E-state index contributed by atoms with van der Waals surface area (Å²) in [4.78, 5) is 23.3. The van der Waals surface area contributed by atoms with Gasteiger partial charge in [0.05, 0.1) is 18.3 Å². The van der Waals surface area contributed by atoms with Crippen LogP contribution in [0.15, 0.2) is 18.2 Å². The molecule has 3 N–H and O–H groups in total. The molecule has 22 heavy (non-hydrogen) atoms. The lowest BCUT2D eigenvalue weighted by atomic mass is 9.85. The number of benzene rings is 1. The molecule has 0 aromatic heterocycles. The van der Waals surface area contributed by atoms with E-state index in [1.165, 1.54) is 25.3 Å². The number of rotatable bonds is 5. The highest BCUT2D eigenvalue weighted by atomic mass is 16.5. The first-order chi connectivity index (χ1) is 10.4. The minimum absolute atomic E-state index is 0.0131. The molecule has 0 aliphatic heterocycles. The number of amides is 1. The number of carbonyl (C=O) groups is 2. The highest BCUT2D eigenvalue weighted by Gasteiger charge is 2.29. The number of carboxylic acids is 1. The standard InChI is InChI=1S/C16H21NO5/c1-22-13-8-11(7-12(9-13)15(19)20)14(18)17-10-16(21)5-3-2-4-6-16/h7-9,21H,2-6,10H2,1H3,(H,17,18)(H,19,20). The third-order valence-corrected chi connectivity index (χ3v) is 4.01. The molecule has 1 fully saturated rings. The van der Waals surface area contributed by atoms with Gasteiger partial charge in [-0.3, -0.25) is 4.79 Å². The maximum atomic E-state index is 12.2. The van der Waals surface area contributed by atoms with Crippen molar-refractivity contribution in [1.29, 1.82) is 0 Å². The van der Waals surface area contributed by atoms with E-state index in [4.69, 9.17) is 9.84 Å². The normalized spacial score (nSPS) is 16.8. The Kier molecular flexibility index (Phi) is 5.03. The molecule has 0 bridgehead atoms. The van der Waals surface area contributed by atoms with Crippen LogP contribution >= 0.6 is 0 Å². The van der Waals surface area contributed by atoms with Crippen LogP contribution in [-0.4, -0.2) is 41.3 Å². The van der Waals surface area contributed by atoms with Crippen molar-refractivity contribution >= 4 is 11.9 Å². The van der Waals surface area contributed by atoms with Crippen LogP contribution in [0.1, 0.15) is 52.8 Å². The van der Waals surface area contributed by atoms with Gasteiger partial charge in [-0.1, -0.05) is 19.3 Å². The van der Waals surface area contributed by atoms with Crippen molar-refractivity contribution in [2.45, 2.75) is 37.7 Å². The Morgan fingerprint density at radius 3 is 2.41 bits per heavy atom. The Hall–Kier alpha value is -2.08. The molecule has 1 amide bonds. The van der Waals surface area contributed by atoms with Gasteiger partial charge >= 0.3 is 5.97 Å². The molecule has 120 valence electrons. The molecular formula is C16H21NO5. The summed E-state index contributed by atoms with van der Waals surface area (Å²) >= 11 is 0. The highest BCUT2D eigenvalue weighted by molar-refractivity contribution is 5.98. The molecule has 1 aromatic rings. The van der Waals surface area contributed by atoms with Crippen molar-refractivity contribution in [3.05, 3.63) is 29.3 Å². The third kappa shape index (κ3) is 3.98. The number of aliphatic hydroxyl groups is 1. The van der Waals surface area contributed by atoms with E-state index in [2.05, 4.69) is 5.32 Å². The van der Waals surface area contributed by atoms with Crippen LogP contribution < -0.4 is 10.1 Å². The fourth-order valence-electron chi connectivity index (χ4n) is 2.71. The van der Waals surface area contributed by atoms with E-state index in [-0.39, 0.29) is 17.7 Å². The zero-order valence-electron chi connectivity index (χ0n) is 12.6. The van der Waals surface area contributed by atoms with Crippen molar-refractivity contribution < 1.29 is 24.5 Å². The summed E-state index contributed by atoms with van der Waals surface area (Å²) in [5.41, 5.74) is -0.667. The van der Waals surface area contributed by atoms with Crippen LogP contribution in [0.3, 0.4) is 0 Å². The second-order valence-electron chi connectivity index (χ2n) is 5.72. The van der Waals surface area contributed by atoms with Crippen molar-refractivity contribution in [2.75, 3.05) is 13.7 Å². The summed E-state index contributed by atoms with van der Waals surface area (Å²) in [6.45, 7) is 0.172. The molecule has 1 aliphatic carbocycles. The van der Waals surface area contributed by atoms with E-state index in [1.807, 2.05) is 0 Å². The lowest BCUT2D eigenvalue weighted by Gasteiger charge is -2.32. The number of carboxylic acid groups (broad SMARTS) is 1.